The standard InChI is InChI=1S/C8H6F14O2Si/c1-23-25(24-2,7(19,20)3(9,10)5(13,14)15)8(21,22)4(11,12)6(16,17)18/h1-2H3. The van der Waals surface area contributed by atoms with Crippen LogP contribution in [0.25, 0.3) is 0 Å². The van der Waals surface area contributed by atoms with Crippen molar-refractivity contribution >= 4 is 8.56 Å². The first-order valence-corrected chi connectivity index (χ1v) is 7.19. The molecule has 0 N–H and O–H groups in total. The lowest BCUT2D eigenvalue weighted by Gasteiger charge is -2.44. The molecule has 152 valence electrons. The first-order chi connectivity index (χ1) is 10.6. The van der Waals surface area contributed by atoms with Gasteiger partial charge in [0, 0.05) is 14.2 Å². The SMILES string of the molecule is CO[Si](OC)(C(F)(F)C(F)(F)C(F)(F)F)C(F)(F)C(F)(F)C(F)(F)F. The number of rotatable bonds is 6. The molecule has 0 radical (unpaired) electrons. The van der Waals surface area contributed by atoms with E-state index in [1.54, 1.807) is 0 Å². The Balaban J connectivity index is 6.83. The Labute approximate surface area is 129 Å². The molecule has 0 atom stereocenters. The monoisotopic (exact) mass is 428 g/mol. The van der Waals surface area contributed by atoms with E-state index in [-0.39, 0.29) is 0 Å². The van der Waals surface area contributed by atoms with Crippen molar-refractivity contribution < 1.29 is 70.3 Å². The highest BCUT2D eigenvalue weighted by atomic mass is 28.4. The van der Waals surface area contributed by atoms with Crippen LogP contribution in [0.4, 0.5) is 61.5 Å². The Morgan fingerprint density at radius 1 is 0.480 bits per heavy atom. The topological polar surface area (TPSA) is 18.5 Å². The third-order valence-corrected chi connectivity index (χ3v) is 6.33. The van der Waals surface area contributed by atoms with Crippen LogP contribution < -0.4 is 0 Å². The van der Waals surface area contributed by atoms with E-state index in [1.807, 2.05) is 0 Å². The van der Waals surface area contributed by atoms with Gasteiger partial charge in [0.25, 0.3) is 0 Å². The highest BCUT2D eigenvalue weighted by Gasteiger charge is 2.95. The zero-order chi connectivity index (χ0) is 20.9. The van der Waals surface area contributed by atoms with Gasteiger partial charge in [-0.1, -0.05) is 0 Å². The number of halogens is 14. The molecule has 0 aliphatic rings. The van der Waals surface area contributed by atoms with Crippen molar-refractivity contribution in [1.29, 1.82) is 0 Å². The molecule has 17 heteroatoms. The summed E-state index contributed by atoms with van der Waals surface area (Å²) < 4.78 is 185. The summed E-state index contributed by atoms with van der Waals surface area (Å²) in [5.74, 6) is -15.0. The van der Waals surface area contributed by atoms with E-state index >= 15 is 0 Å². The average Bonchev–Trinajstić information content (AvgIpc) is 2.36. The van der Waals surface area contributed by atoms with Gasteiger partial charge in [-0.2, -0.15) is 61.5 Å². The van der Waals surface area contributed by atoms with Crippen molar-refractivity contribution in [2.75, 3.05) is 14.2 Å². The van der Waals surface area contributed by atoms with Gasteiger partial charge in [-0.15, -0.1) is 0 Å². The molecule has 25 heavy (non-hydrogen) atoms. The molecule has 0 aromatic heterocycles. The van der Waals surface area contributed by atoms with Gasteiger partial charge in [0.2, 0.25) is 0 Å². The number of hydrogen-bond acceptors (Lipinski definition) is 2. The van der Waals surface area contributed by atoms with Crippen molar-refractivity contribution in [3.8, 4) is 0 Å². The third kappa shape index (κ3) is 2.96. The van der Waals surface area contributed by atoms with Crippen LogP contribution in [0.2, 0.25) is 0 Å². The second-order valence-corrected chi connectivity index (χ2v) is 7.62. The molecule has 0 amide bonds. The lowest BCUT2D eigenvalue weighted by molar-refractivity contribution is -0.361. The maximum Gasteiger partial charge on any atom is 0.503 e. The van der Waals surface area contributed by atoms with E-state index in [0.717, 1.165) is 0 Å². The Hall–Kier alpha value is -0.843. The summed E-state index contributed by atoms with van der Waals surface area (Å²) in [7, 11) is -9.28. The molecule has 0 saturated carbocycles. The summed E-state index contributed by atoms with van der Waals surface area (Å²) in [5.41, 5.74) is -14.6. The van der Waals surface area contributed by atoms with Gasteiger partial charge in [-0.05, 0) is 0 Å². The van der Waals surface area contributed by atoms with Gasteiger partial charge in [0.15, 0.2) is 0 Å². The Bertz CT molecular complexity index is 436. The molecular weight excluding hydrogens is 422 g/mol. The minimum absolute atomic E-state index is 0.490. The maximum absolute atomic E-state index is 13.6. The van der Waals surface area contributed by atoms with Gasteiger partial charge >= 0.3 is 43.9 Å². The lowest BCUT2D eigenvalue weighted by atomic mass is 10.3. The molecule has 0 aromatic rings. The van der Waals surface area contributed by atoms with Crippen LogP contribution in [0.15, 0.2) is 0 Å². The molecular formula is C8H6F14O2Si. The quantitative estimate of drug-likeness (QED) is 0.460. The first-order valence-electron chi connectivity index (χ1n) is 5.37. The van der Waals surface area contributed by atoms with E-state index < -0.39 is 58.1 Å². The molecule has 0 bridgehead atoms. The van der Waals surface area contributed by atoms with Crippen molar-refractivity contribution in [2.24, 2.45) is 0 Å². The van der Waals surface area contributed by atoms with E-state index in [4.69, 9.17) is 0 Å². The van der Waals surface area contributed by atoms with Crippen molar-refractivity contribution in [3.63, 3.8) is 0 Å². The molecule has 0 fully saturated rings. The second-order valence-electron chi connectivity index (χ2n) is 4.32. The van der Waals surface area contributed by atoms with Crippen LogP contribution in [-0.2, 0) is 8.85 Å². The molecule has 0 aliphatic heterocycles. The van der Waals surface area contributed by atoms with Crippen LogP contribution in [-0.4, -0.2) is 58.1 Å². The molecule has 0 aromatic carbocycles. The maximum atomic E-state index is 13.6. The fourth-order valence-corrected chi connectivity index (χ4v) is 4.26. The summed E-state index contributed by atoms with van der Waals surface area (Å²) in [5, 5.41) is 0. The fourth-order valence-electron chi connectivity index (χ4n) is 1.56. The van der Waals surface area contributed by atoms with Crippen molar-refractivity contribution in [1.82, 2.24) is 0 Å². The van der Waals surface area contributed by atoms with Crippen LogP contribution in [0.3, 0.4) is 0 Å². The molecule has 0 heterocycles. The van der Waals surface area contributed by atoms with Crippen molar-refractivity contribution in [3.05, 3.63) is 0 Å². The molecule has 2 nitrogen and oxygen atoms in total. The van der Waals surface area contributed by atoms with Crippen LogP contribution in [0.1, 0.15) is 0 Å². The van der Waals surface area contributed by atoms with Crippen LogP contribution >= 0.6 is 0 Å². The average molecular weight is 428 g/mol. The summed E-state index contributed by atoms with van der Waals surface area (Å²) in [6, 6.07) is 0. The Kier molecular flexibility index (Phi) is 5.90. The molecule has 0 unspecified atom stereocenters. The summed E-state index contributed by atoms with van der Waals surface area (Å²) >= 11 is 0. The van der Waals surface area contributed by atoms with E-state index in [1.165, 1.54) is 0 Å². The molecule has 0 spiro atoms. The van der Waals surface area contributed by atoms with Crippen LogP contribution in [0, 0.1) is 0 Å². The van der Waals surface area contributed by atoms with Gasteiger partial charge in [-0.3, -0.25) is 0 Å². The first kappa shape index (κ1) is 24.2. The zero-order valence-electron chi connectivity index (χ0n) is 11.6. The lowest BCUT2D eigenvalue weighted by Crippen LogP contribution is -2.81. The van der Waals surface area contributed by atoms with Gasteiger partial charge in [-0.25, -0.2) is 0 Å². The number of hydrogen-bond donors (Lipinski definition) is 0. The highest BCUT2D eigenvalue weighted by Crippen LogP contribution is 2.59. The van der Waals surface area contributed by atoms with Gasteiger partial charge in [0.1, 0.15) is 0 Å². The van der Waals surface area contributed by atoms with Crippen molar-refractivity contribution in [2.45, 2.75) is 35.3 Å². The number of alkyl halides is 14. The second kappa shape index (κ2) is 6.10. The zero-order valence-corrected chi connectivity index (χ0v) is 12.6. The van der Waals surface area contributed by atoms with Gasteiger partial charge in [0.05, 0.1) is 0 Å². The molecule has 0 rings (SSSR count). The van der Waals surface area contributed by atoms with E-state index in [2.05, 4.69) is 8.85 Å². The molecule has 0 aliphatic carbocycles. The largest absolute Gasteiger partial charge is 0.503 e. The highest BCUT2D eigenvalue weighted by molar-refractivity contribution is 6.73. The minimum Gasteiger partial charge on any atom is -0.390 e. The Morgan fingerprint density at radius 3 is 0.800 bits per heavy atom. The summed E-state index contributed by atoms with van der Waals surface area (Å²) in [6.07, 6.45) is -14.6. The predicted octanol–water partition coefficient (Wildman–Crippen LogP) is 4.47. The predicted molar refractivity (Wildman–Crippen MR) is 51.7 cm³/mol. The normalized spacial score (nSPS) is 16.3. The van der Waals surface area contributed by atoms with Crippen LogP contribution in [0.5, 0.6) is 0 Å². The minimum atomic E-state index is -8.30. The molecule has 0 saturated heterocycles. The van der Waals surface area contributed by atoms with E-state index in [9.17, 15) is 61.5 Å². The summed E-state index contributed by atoms with van der Waals surface area (Å²) in [4.78, 5) is 0. The Morgan fingerprint density at radius 2 is 0.680 bits per heavy atom. The summed E-state index contributed by atoms with van der Waals surface area (Å²) in [6.45, 7) is 0. The fraction of sp³-hybridized carbons (Fsp3) is 1.00. The van der Waals surface area contributed by atoms with Gasteiger partial charge < -0.3 is 8.85 Å². The smallest absolute Gasteiger partial charge is 0.390 e. The van der Waals surface area contributed by atoms with E-state index in [0.29, 0.717) is 0 Å². The third-order valence-electron chi connectivity index (χ3n) is 2.90.